The lowest BCUT2D eigenvalue weighted by Gasteiger charge is -2.04. The highest BCUT2D eigenvalue weighted by Gasteiger charge is 2.10. The number of para-hydroxylation sites is 2. The summed E-state index contributed by atoms with van der Waals surface area (Å²) >= 11 is 0. The van der Waals surface area contributed by atoms with Gasteiger partial charge in [-0.1, -0.05) is 36.4 Å². The molecule has 4 nitrogen and oxygen atoms in total. The Balaban J connectivity index is 2.11. The van der Waals surface area contributed by atoms with Crippen molar-refractivity contribution in [3.05, 3.63) is 48.5 Å². The van der Waals surface area contributed by atoms with E-state index in [-0.39, 0.29) is 6.61 Å². The van der Waals surface area contributed by atoms with E-state index in [0.717, 1.165) is 11.0 Å². The number of hydrogen-bond donors (Lipinski definition) is 0. The van der Waals surface area contributed by atoms with E-state index in [0.29, 0.717) is 6.54 Å². The van der Waals surface area contributed by atoms with Crippen LogP contribution < -0.4 is 4.89 Å². The molecule has 0 aliphatic heterocycles. The van der Waals surface area contributed by atoms with E-state index in [1.165, 1.54) is 10.8 Å². The minimum absolute atomic E-state index is 0.154. The third-order valence-electron chi connectivity index (χ3n) is 3.19. The first-order valence-electron chi connectivity index (χ1n) is 6.00. The molecule has 0 saturated heterocycles. The lowest BCUT2D eigenvalue weighted by Crippen LogP contribution is -2.04. The van der Waals surface area contributed by atoms with Gasteiger partial charge >= 0.3 is 8.25 Å². The molecule has 3 aromatic rings. The first-order valence-corrected chi connectivity index (χ1v) is 7.10. The highest BCUT2D eigenvalue weighted by atomic mass is 31.1. The first-order chi connectivity index (χ1) is 9.27. The topological polar surface area (TPSA) is 54.3 Å². The molecule has 1 unspecified atom stereocenters. The van der Waals surface area contributed by atoms with Gasteiger partial charge < -0.3 is 9.46 Å². The summed E-state index contributed by atoms with van der Waals surface area (Å²) in [5, 5.41) is 2.34. The maximum Gasteiger partial charge on any atom is 0.488 e. The predicted molar refractivity (Wildman–Crippen MR) is 73.0 cm³/mol. The Labute approximate surface area is 111 Å². The zero-order valence-corrected chi connectivity index (χ0v) is 11.0. The minimum Gasteiger partial charge on any atom is -0.566 e. The van der Waals surface area contributed by atoms with Gasteiger partial charge in [-0.05, 0) is 16.7 Å². The second-order valence-corrected chi connectivity index (χ2v) is 4.95. The number of fused-ring (bicyclic) bond motifs is 3. The van der Waals surface area contributed by atoms with Crippen molar-refractivity contribution in [3.63, 3.8) is 0 Å². The number of aromatic nitrogens is 1. The average molecular weight is 273 g/mol. The largest absolute Gasteiger partial charge is 0.566 e. The Kier molecular flexibility index (Phi) is 3.30. The molecule has 0 saturated carbocycles. The van der Waals surface area contributed by atoms with Gasteiger partial charge in [0.15, 0.2) is 0 Å². The Morgan fingerprint density at radius 3 is 2.05 bits per heavy atom. The van der Waals surface area contributed by atoms with Crippen LogP contribution in [0, 0.1) is 0 Å². The van der Waals surface area contributed by atoms with Crippen molar-refractivity contribution in [2.45, 2.75) is 6.54 Å². The normalized spacial score (nSPS) is 12.2. The van der Waals surface area contributed by atoms with Gasteiger partial charge in [-0.3, -0.25) is 0 Å². The zero-order chi connectivity index (χ0) is 13.2. The molecule has 2 aromatic carbocycles. The molecule has 1 aromatic heterocycles. The molecule has 1 heterocycles. The van der Waals surface area contributed by atoms with Gasteiger partial charge in [0.05, 0.1) is 6.54 Å². The maximum absolute atomic E-state index is 10.5. The summed E-state index contributed by atoms with van der Waals surface area (Å²) in [6.07, 6.45) is 0. The number of hydrogen-bond acceptors (Lipinski definition) is 3. The Bertz CT molecular complexity index is 697. The van der Waals surface area contributed by atoms with Crippen LogP contribution in [0.1, 0.15) is 0 Å². The van der Waals surface area contributed by atoms with Crippen molar-refractivity contribution >= 4 is 30.1 Å². The zero-order valence-electron chi connectivity index (χ0n) is 10.2. The fourth-order valence-electron chi connectivity index (χ4n) is 2.45. The van der Waals surface area contributed by atoms with Crippen molar-refractivity contribution in [2.75, 3.05) is 6.61 Å². The van der Waals surface area contributed by atoms with Crippen LogP contribution >= 0.6 is 8.25 Å². The first kappa shape index (κ1) is 12.3. The van der Waals surface area contributed by atoms with Crippen molar-refractivity contribution < 1.29 is 14.0 Å². The van der Waals surface area contributed by atoms with Crippen molar-refractivity contribution in [1.82, 2.24) is 4.57 Å². The summed E-state index contributed by atoms with van der Waals surface area (Å²) in [6.45, 7) is 0.665. The number of rotatable bonds is 4. The average Bonchev–Trinajstić information content (AvgIpc) is 2.74. The minimum atomic E-state index is -2.78. The molecule has 19 heavy (non-hydrogen) atoms. The fourth-order valence-corrected chi connectivity index (χ4v) is 2.68. The van der Waals surface area contributed by atoms with Gasteiger partial charge in [-0.25, -0.2) is 0 Å². The van der Waals surface area contributed by atoms with Crippen LogP contribution in [-0.4, -0.2) is 11.2 Å². The van der Waals surface area contributed by atoms with E-state index in [9.17, 15) is 9.46 Å². The van der Waals surface area contributed by atoms with Crippen LogP contribution in [0.4, 0.5) is 0 Å². The van der Waals surface area contributed by atoms with E-state index in [2.05, 4.69) is 21.2 Å². The van der Waals surface area contributed by atoms with Gasteiger partial charge in [0, 0.05) is 21.8 Å². The molecule has 0 amide bonds. The molecular formula is C14H12NO3P. The summed E-state index contributed by atoms with van der Waals surface area (Å²) in [5.74, 6) is 0. The molecule has 96 valence electrons. The molecule has 0 aliphatic rings. The van der Waals surface area contributed by atoms with E-state index in [1.807, 2.05) is 36.4 Å². The van der Waals surface area contributed by atoms with Crippen LogP contribution in [-0.2, 0) is 15.6 Å². The van der Waals surface area contributed by atoms with Crippen LogP contribution in [0.5, 0.6) is 0 Å². The monoisotopic (exact) mass is 273 g/mol. The van der Waals surface area contributed by atoms with Gasteiger partial charge in [-0.15, -0.1) is 4.52 Å². The molecular weight excluding hydrogens is 261 g/mol. The summed E-state index contributed by atoms with van der Waals surface area (Å²) < 4.78 is 17.2. The SMILES string of the molecule is O=[P+]([O-])OCCn1c2ccccc2c2ccccc21. The van der Waals surface area contributed by atoms with Crippen LogP contribution in [0.2, 0.25) is 0 Å². The Hall–Kier alpha value is -1.74. The predicted octanol–water partition coefficient (Wildman–Crippen LogP) is 2.83. The highest BCUT2D eigenvalue weighted by Crippen LogP contribution is 2.28. The molecule has 0 fully saturated rings. The summed E-state index contributed by atoms with van der Waals surface area (Å²) in [5.41, 5.74) is 2.18. The lowest BCUT2D eigenvalue weighted by molar-refractivity contribution is -0.185. The van der Waals surface area contributed by atoms with Gasteiger partial charge in [0.1, 0.15) is 6.61 Å². The Morgan fingerprint density at radius 2 is 1.53 bits per heavy atom. The third-order valence-corrected chi connectivity index (χ3v) is 3.58. The quantitative estimate of drug-likeness (QED) is 0.687. The molecule has 0 radical (unpaired) electrons. The summed E-state index contributed by atoms with van der Waals surface area (Å²) in [6, 6.07) is 16.2. The van der Waals surface area contributed by atoms with E-state index in [4.69, 9.17) is 0 Å². The molecule has 1 atom stereocenters. The molecule has 5 heteroatoms. The molecule has 0 spiro atoms. The van der Waals surface area contributed by atoms with Crippen LogP contribution in [0.3, 0.4) is 0 Å². The summed E-state index contributed by atoms with van der Waals surface area (Å²) in [7, 11) is -2.78. The molecule has 0 bridgehead atoms. The third kappa shape index (κ3) is 2.26. The van der Waals surface area contributed by atoms with Crippen LogP contribution in [0.25, 0.3) is 21.8 Å². The van der Waals surface area contributed by atoms with Crippen molar-refractivity contribution in [3.8, 4) is 0 Å². The van der Waals surface area contributed by atoms with Crippen molar-refractivity contribution in [1.29, 1.82) is 0 Å². The maximum atomic E-state index is 10.5. The highest BCUT2D eigenvalue weighted by molar-refractivity contribution is 7.30. The Morgan fingerprint density at radius 1 is 1.00 bits per heavy atom. The molecule has 3 rings (SSSR count). The van der Waals surface area contributed by atoms with Gasteiger partial charge in [0.2, 0.25) is 0 Å². The lowest BCUT2D eigenvalue weighted by atomic mass is 10.2. The molecule has 0 aliphatic carbocycles. The fraction of sp³-hybridized carbons (Fsp3) is 0.143. The summed E-state index contributed by atoms with van der Waals surface area (Å²) in [4.78, 5) is 10.5. The smallest absolute Gasteiger partial charge is 0.488 e. The molecule has 0 N–H and O–H groups in total. The van der Waals surface area contributed by atoms with Crippen LogP contribution in [0.15, 0.2) is 48.5 Å². The second kappa shape index (κ2) is 5.10. The van der Waals surface area contributed by atoms with E-state index in [1.54, 1.807) is 0 Å². The van der Waals surface area contributed by atoms with E-state index < -0.39 is 8.25 Å². The second-order valence-electron chi connectivity index (χ2n) is 4.24. The van der Waals surface area contributed by atoms with Gasteiger partial charge in [0.25, 0.3) is 0 Å². The van der Waals surface area contributed by atoms with Gasteiger partial charge in [-0.2, -0.15) is 0 Å². The van der Waals surface area contributed by atoms with Crippen molar-refractivity contribution in [2.24, 2.45) is 0 Å². The number of benzene rings is 2. The standard InChI is InChI=1S/C14H12NO3P/c16-19(17)18-10-9-15-13-7-3-1-5-11(13)12-6-2-4-8-14(12)15/h1-8H,9-10H2. The van der Waals surface area contributed by atoms with E-state index >= 15 is 0 Å². The number of nitrogens with zero attached hydrogens (tertiary/aromatic N) is 1.